The number of furan rings is 1. The summed E-state index contributed by atoms with van der Waals surface area (Å²) in [4.78, 5) is 10.8. The highest BCUT2D eigenvalue weighted by molar-refractivity contribution is 5.88. The maximum atomic E-state index is 13.3. The van der Waals surface area contributed by atoms with Gasteiger partial charge in [0.25, 0.3) is 0 Å². The molecule has 0 saturated carbocycles. The molecule has 0 radical (unpaired) electrons. The molecule has 4 nitrogen and oxygen atoms in total. The first-order chi connectivity index (χ1) is 8.99. The largest absolute Gasteiger partial charge is 0.478 e. The maximum absolute atomic E-state index is 13.3. The van der Waals surface area contributed by atoms with Gasteiger partial charge >= 0.3 is 5.97 Å². The molecule has 0 fully saturated rings. The number of hydrogen-bond acceptors (Lipinski definition) is 3. The van der Waals surface area contributed by atoms with Crippen LogP contribution in [0.15, 0.2) is 28.9 Å². The number of anilines is 1. The number of rotatable bonds is 4. The van der Waals surface area contributed by atoms with Crippen LogP contribution in [0.25, 0.3) is 0 Å². The van der Waals surface area contributed by atoms with E-state index in [0.29, 0.717) is 12.1 Å². The molecule has 0 atom stereocenters. The van der Waals surface area contributed by atoms with Gasteiger partial charge in [0, 0.05) is 12.1 Å². The van der Waals surface area contributed by atoms with Crippen molar-refractivity contribution in [2.45, 2.75) is 6.54 Å². The van der Waals surface area contributed by atoms with E-state index in [9.17, 15) is 18.0 Å². The molecule has 2 N–H and O–H groups in total. The van der Waals surface area contributed by atoms with Gasteiger partial charge < -0.3 is 14.8 Å². The number of carbonyl (C=O) groups is 1. The lowest BCUT2D eigenvalue weighted by molar-refractivity contribution is 0.0694. The highest BCUT2D eigenvalue weighted by Gasteiger charge is 2.14. The van der Waals surface area contributed by atoms with Crippen LogP contribution >= 0.6 is 0 Å². The van der Waals surface area contributed by atoms with Gasteiger partial charge in [0.1, 0.15) is 17.1 Å². The van der Waals surface area contributed by atoms with Crippen LogP contribution in [0.2, 0.25) is 0 Å². The van der Waals surface area contributed by atoms with Crippen LogP contribution in [-0.4, -0.2) is 11.1 Å². The van der Waals surface area contributed by atoms with Crippen LogP contribution in [0, 0.1) is 17.5 Å². The molecule has 0 spiro atoms. The van der Waals surface area contributed by atoms with Gasteiger partial charge in [-0.25, -0.2) is 18.0 Å². The minimum absolute atomic E-state index is 0.0524. The summed E-state index contributed by atoms with van der Waals surface area (Å²) in [7, 11) is 0. The van der Waals surface area contributed by atoms with Crippen LogP contribution in [0.4, 0.5) is 18.9 Å². The van der Waals surface area contributed by atoms with Gasteiger partial charge in [-0.15, -0.1) is 0 Å². The molecule has 0 unspecified atom stereocenters. The molecule has 0 aliphatic rings. The first-order valence-electron chi connectivity index (χ1n) is 5.17. The topological polar surface area (TPSA) is 62.5 Å². The molecule has 0 saturated heterocycles. The normalized spacial score (nSPS) is 10.5. The molecule has 1 heterocycles. The molecule has 100 valence electrons. The van der Waals surface area contributed by atoms with Crippen molar-refractivity contribution >= 4 is 11.7 Å². The van der Waals surface area contributed by atoms with Crippen LogP contribution in [0.3, 0.4) is 0 Å². The summed E-state index contributed by atoms with van der Waals surface area (Å²) in [5, 5.41) is 11.3. The Labute approximate surface area is 105 Å². The fraction of sp³-hybridized carbons (Fsp3) is 0.0833. The van der Waals surface area contributed by atoms with E-state index in [1.54, 1.807) is 0 Å². The number of carboxylic acid groups (broad SMARTS) is 1. The van der Waals surface area contributed by atoms with Gasteiger partial charge in [-0.1, -0.05) is 0 Å². The van der Waals surface area contributed by atoms with E-state index in [4.69, 9.17) is 9.52 Å². The van der Waals surface area contributed by atoms with E-state index < -0.39 is 23.4 Å². The van der Waals surface area contributed by atoms with E-state index in [0.717, 1.165) is 0 Å². The summed E-state index contributed by atoms with van der Waals surface area (Å²) < 4.78 is 43.8. The Bertz CT molecular complexity index is 625. The number of nitrogens with one attached hydrogen (secondary N) is 1. The van der Waals surface area contributed by atoms with Gasteiger partial charge in [-0.05, 0) is 6.07 Å². The lowest BCUT2D eigenvalue weighted by Crippen LogP contribution is -2.06. The van der Waals surface area contributed by atoms with Gasteiger partial charge in [0.15, 0.2) is 11.6 Å². The number of hydrogen-bond donors (Lipinski definition) is 2. The second-order valence-electron chi connectivity index (χ2n) is 3.66. The zero-order valence-corrected chi connectivity index (χ0v) is 9.41. The Kier molecular flexibility index (Phi) is 3.46. The van der Waals surface area contributed by atoms with Crippen molar-refractivity contribution in [1.29, 1.82) is 0 Å². The molecule has 2 rings (SSSR count). The maximum Gasteiger partial charge on any atom is 0.339 e. The van der Waals surface area contributed by atoms with Crippen molar-refractivity contribution in [3.05, 3.63) is 53.2 Å². The Morgan fingerprint density at radius 2 is 1.89 bits per heavy atom. The molecule has 19 heavy (non-hydrogen) atoms. The number of carboxylic acids is 1. The Balaban J connectivity index is 2.17. The quantitative estimate of drug-likeness (QED) is 0.839. The monoisotopic (exact) mass is 271 g/mol. The Morgan fingerprint density at radius 3 is 2.58 bits per heavy atom. The second kappa shape index (κ2) is 5.05. The van der Waals surface area contributed by atoms with Crippen molar-refractivity contribution in [3.63, 3.8) is 0 Å². The van der Waals surface area contributed by atoms with Crippen molar-refractivity contribution in [1.82, 2.24) is 0 Å². The molecular formula is C12H8F3NO3. The van der Waals surface area contributed by atoms with Crippen molar-refractivity contribution in [2.24, 2.45) is 0 Å². The lowest BCUT2D eigenvalue weighted by atomic mass is 10.2. The average molecular weight is 271 g/mol. The summed E-state index contributed by atoms with van der Waals surface area (Å²) in [5.41, 5.74) is -0.373. The third kappa shape index (κ3) is 2.70. The highest BCUT2D eigenvalue weighted by Crippen LogP contribution is 2.20. The SMILES string of the molecule is O=C(O)c1ccoc1CNc1cc(F)c(F)cc1F. The van der Waals surface area contributed by atoms with E-state index in [1.165, 1.54) is 12.3 Å². The number of aromatic carboxylic acids is 1. The highest BCUT2D eigenvalue weighted by atomic mass is 19.2. The summed E-state index contributed by atoms with van der Waals surface area (Å²) in [5.74, 6) is -4.63. The molecule has 0 bridgehead atoms. The van der Waals surface area contributed by atoms with Crippen LogP contribution in [-0.2, 0) is 6.54 Å². The van der Waals surface area contributed by atoms with Crippen molar-refractivity contribution in [3.8, 4) is 0 Å². The van der Waals surface area contributed by atoms with E-state index in [-0.39, 0.29) is 23.6 Å². The first kappa shape index (κ1) is 13.0. The Morgan fingerprint density at radius 1 is 1.21 bits per heavy atom. The zero-order valence-electron chi connectivity index (χ0n) is 9.41. The number of halogens is 3. The zero-order chi connectivity index (χ0) is 14.0. The van der Waals surface area contributed by atoms with Gasteiger partial charge in [0.05, 0.1) is 18.5 Å². The van der Waals surface area contributed by atoms with Crippen LogP contribution in [0.5, 0.6) is 0 Å². The first-order valence-corrected chi connectivity index (χ1v) is 5.17. The minimum atomic E-state index is -1.30. The number of benzene rings is 1. The molecule has 1 aromatic heterocycles. The average Bonchev–Trinajstić information content (AvgIpc) is 2.80. The molecular weight excluding hydrogens is 263 g/mol. The lowest BCUT2D eigenvalue weighted by Gasteiger charge is -2.07. The fourth-order valence-corrected chi connectivity index (χ4v) is 1.50. The Hall–Kier alpha value is -2.44. The summed E-state index contributed by atoms with van der Waals surface area (Å²) in [6.45, 7) is -0.170. The van der Waals surface area contributed by atoms with Gasteiger partial charge in [0.2, 0.25) is 0 Å². The molecule has 7 heteroatoms. The third-order valence-electron chi connectivity index (χ3n) is 2.43. The van der Waals surface area contributed by atoms with Crippen molar-refractivity contribution in [2.75, 3.05) is 5.32 Å². The molecule has 0 aliphatic carbocycles. The molecule has 1 aromatic carbocycles. The fourth-order valence-electron chi connectivity index (χ4n) is 1.50. The predicted molar refractivity (Wildman–Crippen MR) is 59.3 cm³/mol. The van der Waals surface area contributed by atoms with Crippen LogP contribution < -0.4 is 5.32 Å². The smallest absolute Gasteiger partial charge is 0.339 e. The van der Waals surface area contributed by atoms with E-state index in [2.05, 4.69) is 5.32 Å². The van der Waals surface area contributed by atoms with Crippen molar-refractivity contribution < 1.29 is 27.5 Å². The standard InChI is InChI=1S/C12H8F3NO3/c13-7-3-9(15)10(4-8(7)14)16-5-11-6(12(17)18)1-2-19-11/h1-4,16H,5H2,(H,17,18). The van der Waals surface area contributed by atoms with Gasteiger partial charge in [-0.3, -0.25) is 0 Å². The minimum Gasteiger partial charge on any atom is -0.478 e. The van der Waals surface area contributed by atoms with Gasteiger partial charge in [-0.2, -0.15) is 0 Å². The third-order valence-corrected chi connectivity index (χ3v) is 2.43. The summed E-state index contributed by atoms with van der Waals surface area (Å²) in [6, 6.07) is 2.28. The molecule has 0 aliphatic heterocycles. The summed E-state index contributed by atoms with van der Waals surface area (Å²) >= 11 is 0. The summed E-state index contributed by atoms with van der Waals surface area (Å²) in [6.07, 6.45) is 1.17. The van der Waals surface area contributed by atoms with E-state index in [1.807, 2.05) is 0 Å². The predicted octanol–water partition coefficient (Wildman–Crippen LogP) is 3.01. The molecule has 0 amide bonds. The van der Waals surface area contributed by atoms with E-state index >= 15 is 0 Å². The molecule has 2 aromatic rings. The second-order valence-corrected chi connectivity index (χ2v) is 3.66. The van der Waals surface area contributed by atoms with Crippen LogP contribution in [0.1, 0.15) is 16.1 Å².